The van der Waals surface area contributed by atoms with Crippen molar-refractivity contribution in [3.05, 3.63) is 0 Å². The van der Waals surface area contributed by atoms with Crippen LogP contribution in [0.2, 0.25) is 8.94 Å². The van der Waals surface area contributed by atoms with E-state index in [0.29, 0.717) is 20.9 Å². The first kappa shape index (κ1) is 7.16. The van der Waals surface area contributed by atoms with E-state index in [9.17, 15) is 0 Å². The molecule has 0 radical (unpaired) electrons. The SMILES string of the molecule is C1SC1C[Te]CC1CS1. The monoisotopic (exact) mass is 276 g/mol. The van der Waals surface area contributed by atoms with Crippen LogP contribution in [-0.4, -0.2) is 42.9 Å². The molecule has 2 atom stereocenters. The van der Waals surface area contributed by atoms with E-state index < -0.39 is 0 Å². The summed E-state index contributed by atoms with van der Waals surface area (Å²) in [5, 5.41) is 2.27. The van der Waals surface area contributed by atoms with E-state index in [1.165, 1.54) is 11.5 Å². The van der Waals surface area contributed by atoms with Gasteiger partial charge in [0.2, 0.25) is 0 Å². The van der Waals surface area contributed by atoms with Gasteiger partial charge in [-0.25, -0.2) is 0 Å². The quantitative estimate of drug-likeness (QED) is 0.566. The van der Waals surface area contributed by atoms with Gasteiger partial charge in [-0.3, -0.25) is 0 Å². The van der Waals surface area contributed by atoms with Gasteiger partial charge in [0.25, 0.3) is 0 Å². The fraction of sp³-hybridized carbons (Fsp3) is 1.00. The van der Waals surface area contributed by atoms with Crippen LogP contribution < -0.4 is 0 Å². The summed E-state index contributed by atoms with van der Waals surface area (Å²) < 4.78 is 3.26. The van der Waals surface area contributed by atoms with Crippen molar-refractivity contribution >= 4 is 44.4 Å². The first-order chi connectivity index (χ1) is 4.45. The Bertz CT molecular complexity index is 87.2. The molecular weight excluding hydrogens is 264 g/mol. The molecule has 2 rings (SSSR count). The molecule has 2 aliphatic rings. The van der Waals surface area contributed by atoms with Gasteiger partial charge in [-0.2, -0.15) is 0 Å². The molecule has 0 spiro atoms. The van der Waals surface area contributed by atoms with Crippen molar-refractivity contribution in [2.45, 2.75) is 19.4 Å². The van der Waals surface area contributed by atoms with Gasteiger partial charge in [0.1, 0.15) is 0 Å². The Hall–Kier alpha value is 1.49. The van der Waals surface area contributed by atoms with Gasteiger partial charge in [0, 0.05) is 0 Å². The summed E-state index contributed by atoms with van der Waals surface area (Å²) in [6.07, 6.45) is 0. The second-order valence-corrected chi connectivity index (χ2v) is 8.18. The van der Waals surface area contributed by atoms with Crippen molar-refractivity contribution in [2.24, 2.45) is 0 Å². The molecule has 2 heterocycles. The summed E-state index contributed by atoms with van der Waals surface area (Å²) in [4.78, 5) is 0. The zero-order valence-electron chi connectivity index (χ0n) is 5.21. The molecule has 2 aliphatic heterocycles. The van der Waals surface area contributed by atoms with Crippen LogP contribution in [0.3, 0.4) is 0 Å². The number of thioether (sulfide) groups is 2. The van der Waals surface area contributed by atoms with E-state index in [4.69, 9.17) is 0 Å². The molecule has 3 heteroatoms. The maximum atomic E-state index is 2.17. The summed E-state index contributed by atoms with van der Waals surface area (Å²) in [7, 11) is 0. The van der Waals surface area contributed by atoms with E-state index in [1.807, 2.05) is 0 Å². The zero-order valence-corrected chi connectivity index (χ0v) is 9.17. The Morgan fingerprint density at radius 2 is 1.56 bits per heavy atom. The molecule has 0 saturated carbocycles. The third kappa shape index (κ3) is 2.93. The van der Waals surface area contributed by atoms with Crippen LogP contribution in [0.25, 0.3) is 0 Å². The minimum atomic E-state index is 0.470. The van der Waals surface area contributed by atoms with E-state index >= 15 is 0 Å². The summed E-state index contributed by atoms with van der Waals surface area (Å²) in [5.41, 5.74) is 0. The van der Waals surface area contributed by atoms with Gasteiger partial charge < -0.3 is 0 Å². The zero-order chi connectivity index (χ0) is 6.10. The Kier molecular flexibility index (Phi) is 2.59. The maximum absolute atomic E-state index is 2.17. The normalized spacial score (nSPS) is 38.7. The molecule has 0 nitrogen and oxygen atoms in total. The van der Waals surface area contributed by atoms with Gasteiger partial charge >= 0.3 is 75.4 Å². The van der Waals surface area contributed by atoms with E-state index in [-0.39, 0.29) is 0 Å². The molecule has 0 aromatic rings. The van der Waals surface area contributed by atoms with Crippen LogP contribution in [0, 0.1) is 0 Å². The molecule has 0 N–H and O–H groups in total. The Morgan fingerprint density at radius 1 is 1.11 bits per heavy atom. The van der Waals surface area contributed by atoms with Crippen molar-refractivity contribution in [3.63, 3.8) is 0 Å². The predicted molar refractivity (Wildman–Crippen MR) is 47.9 cm³/mol. The van der Waals surface area contributed by atoms with Crippen molar-refractivity contribution in [2.75, 3.05) is 11.5 Å². The van der Waals surface area contributed by atoms with Crippen LogP contribution in [0.15, 0.2) is 0 Å². The fourth-order valence-corrected chi connectivity index (χ4v) is 7.79. The van der Waals surface area contributed by atoms with Gasteiger partial charge in [-0.15, -0.1) is 0 Å². The third-order valence-corrected chi connectivity index (χ3v) is 8.32. The number of rotatable bonds is 4. The van der Waals surface area contributed by atoms with Crippen molar-refractivity contribution in [1.29, 1.82) is 0 Å². The Labute approximate surface area is 75.0 Å². The molecule has 2 fully saturated rings. The predicted octanol–water partition coefficient (Wildman–Crippen LogP) is 1.76. The van der Waals surface area contributed by atoms with Crippen molar-refractivity contribution in [3.8, 4) is 0 Å². The molecule has 2 saturated heterocycles. The Balaban J connectivity index is 1.46. The molecule has 2 unspecified atom stereocenters. The van der Waals surface area contributed by atoms with Crippen LogP contribution in [0.4, 0.5) is 0 Å². The second-order valence-electron chi connectivity index (χ2n) is 2.45. The molecule has 0 amide bonds. The molecule has 0 aromatic carbocycles. The molecule has 0 aliphatic carbocycles. The van der Waals surface area contributed by atoms with E-state index in [2.05, 4.69) is 23.5 Å². The average molecular weight is 274 g/mol. The summed E-state index contributed by atoms with van der Waals surface area (Å²) >= 11 is 4.80. The minimum absolute atomic E-state index is 0.470. The van der Waals surface area contributed by atoms with Gasteiger partial charge in [0.15, 0.2) is 0 Å². The van der Waals surface area contributed by atoms with Gasteiger partial charge in [-0.05, 0) is 0 Å². The van der Waals surface area contributed by atoms with Crippen LogP contribution in [0.1, 0.15) is 0 Å². The number of hydrogen-bond donors (Lipinski definition) is 0. The first-order valence-electron chi connectivity index (χ1n) is 3.26. The summed E-state index contributed by atoms with van der Waals surface area (Å²) in [5.74, 6) is 2.98. The topological polar surface area (TPSA) is 0 Å². The van der Waals surface area contributed by atoms with Crippen LogP contribution in [-0.2, 0) is 0 Å². The van der Waals surface area contributed by atoms with E-state index in [1.54, 1.807) is 8.94 Å². The second kappa shape index (κ2) is 3.26. The molecule has 52 valence electrons. The standard InChI is InChI=1S/C6H10S2Te/c1-5(7-1)3-9-4-6-2-8-6/h5-6H,1-4H2. The van der Waals surface area contributed by atoms with Crippen LogP contribution in [0.5, 0.6) is 0 Å². The Morgan fingerprint density at radius 3 is 1.89 bits per heavy atom. The van der Waals surface area contributed by atoms with Gasteiger partial charge in [0.05, 0.1) is 0 Å². The summed E-state index contributed by atoms with van der Waals surface area (Å²) in [6.45, 7) is 0. The fourth-order valence-electron chi connectivity index (χ4n) is 0.659. The average Bonchev–Trinajstić information content (AvgIpc) is 2.57. The molecule has 0 bridgehead atoms. The molecule has 9 heavy (non-hydrogen) atoms. The van der Waals surface area contributed by atoms with E-state index in [0.717, 1.165) is 10.5 Å². The number of hydrogen-bond acceptors (Lipinski definition) is 2. The van der Waals surface area contributed by atoms with Crippen LogP contribution >= 0.6 is 23.5 Å². The first-order valence-corrected chi connectivity index (χ1v) is 8.65. The summed E-state index contributed by atoms with van der Waals surface area (Å²) in [6, 6.07) is 0. The molecular formula is C6H10S2Te. The van der Waals surface area contributed by atoms with Crippen molar-refractivity contribution < 1.29 is 0 Å². The van der Waals surface area contributed by atoms with Crippen molar-refractivity contribution in [1.82, 2.24) is 0 Å². The van der Waals surface area contributed by atoms with Gasteiger partial charge in [-0.1, -0.05) is 0 Å². The molecule has 0 aromatic heterocycles. The third-order valence-electron chi connectivity index (χ3n) is 1.41.